The van der Waals surface area contributed by atoms with E-state index in [1.807, 2.05) is 64.1 Å². The minimum Gasteiger partial charge on any atom is -0.483 e. The van der Waals surface area contributed by atoms with Crippen LogP contribution in [-0.2, 0) is 20.7 Å². The van der Waals surface area contributed by atoms with Gasteiger partial charge in [-0.2, -0.15) is 0 Å². The van der Waals surface area contributed by atoms with Gasteiger partial charge in [0.05, 0.1) is 6.10 Å². The summed E-state index contributed by atoms with van der Waals surface area (Å²) in [6.07, 6.45) is 4.18. The lowest BCUT2D eigenvalue weighted by atomic mass is 10.1. The molecule has 0 saturated heterocycles. The highest BCUT2D eigenvalue weighted by Crippen LogP contribution is 2.08. The molecular formula is C18H24O3. The highest BCUT2D eigenvalue weighted by Gasteiger charge is 2.13. The Bertz CT molecular complexity index is 494. The van der Waals surface area contributed by atoms with Gasteiger partial charge in [-0.3, -0.25) is 0 Å². The third kappa shape index (κ3) is 7.35. The van der Waals surface area contributed by atoms with Crippen LogP contribution in [-0.4, -0.2) is 18.7 Å². The topological polar surface area (TPSA) is 35.5 Å². The molecule has 0 radical (unpaired) electrons. The lowest BCUT2D eigenvalue weighted by molar-refractivity contribution is -0.146. The standard InChI is InChI=1S/C18H24O3/c1-14(2)12-13-20-17(18(19)21-15(3)4)11-10-16-8-6-5-7-9-16/h5-9,11-12,15H,10,13H2,1-4H3/b17-11+. The first-order chi connectivity index (χ1) is 9.99. The second-order valence-corrected chi connectivity index (χ2v) is 5.30. The number of carbonyl (C=O) groups excluding carboxylic acids is 1. The molecule has 1 rings (SSSR count). The van der Waals surface area contributed by atoms with E-state index in [1.165, 1.54) is 0 Å². The Morgan fingerprint density at radius 2 is 1.81 bits per heavy atom. The molecule has 1 aromatic carbocycles. The molecule has 3 heteroatoms. The Hall–Kier alpha value is -2.03. The number of benzene rings is 1. The van der Waals surface area contributed by atoms with Gasteiger partial charge in [-0.25, -0.2) is 4.79 Å². The fraction of sp³-hybridized carbons (Fsp3) is 0.389. The van der Waals surface area contributed by atoms with Crippen LogP contribution in [0, 0.1) is 0 Å². The molecule has 0 saturated carbocycles. The van der Waals surface area contributed by atoms with Gasteiger partial charge in [0.15, 0.2) is 0 Å². The van der Waals surface area contributed by atoms with Crippen molar-refractivity contribution in [2.75, 3.05) is 6.61 Å². The molecule has 21 heavy (non-hydrogen) atoms. The van der Waals surface area contributed by atoms with Crippen LogP contribution in [0.3, 0.4) is 0 Å². The van der Waals surface area contributed by atoms with Crippen molar-refractivity contribution in [3.8, 4) is 0 Å². The molecule has 114 valence electrons. The second-order valence-electron chi connectivity index (χ2n) is 5.30. The van der Waals surface area contributed by atoms with Crippen LogP contribution in [0.15, 0.2) is 53.8 Å². The van der Waals surface area contributed by atoms with Gasteiger partial charge in [0.2, 0.25) is 5.76 Å². The Morgan fingerprint density at radius 3 is 2.38 bits per heavy atom. The van der Waals surface area contributed by atoms with Gasteiger partial charge < -0.3 is 9.47 Å². The van der Waals surface area contributed by atoms with Crippen LogP contribution < -0.4 is 0 Å². The van der Waals surface area contributed by atoms with Gasteiger partial charge in [-0.1, -0.05) is 35.9 Å². The molecule has 0 aliphatic carbocycles. The van der Waals surface area contributed by atoms with Crippen molar-refractivity contribution in [3.05, 3.63) is 59.4 Å². The average Bonchev–Trinajstić information content (AvgIpc) is 2.42. The summed E-state index contributed by atoms with van der Waals surface area (Å²) >= 11 is 0. The van der Waals surface area contributed by atoms with Gasteiger partial charge >= 0.3 is 5.97 Å². The smallest absolute Gasteiger partial charge is 0.373 e. The first-order valence-electron chi connectivity index (χ1n) is 7.20. The summed E-state index contributed by atoms with van der Waals surface area (Å²) < 4.78 is 10.8. The molecule has 0 aliphatic heterocycles. The third-order valence-corrected chi connectivity index (χ3v) is 2.64. The molecule has 0 aliphatic rings. The largest absolute Gasteiger partial charge is 0.483 e. The molecule has 0 unspecified atom stereocenters. The summed E-state index contributed by atoms with van der Waals surface area (Å²) in [6.45, 7) is 7.99. The molecule has 3 nitrogen and oxygen atoms in total. The van der Waals surface area contributed by atoms with Gasteiger partial charge in [0.1, 0.15) is 6.61 Å². The van der Waals surface area contributed by atoms with Crippen LogP contribution in [0.2, 0.25) is 0 Å². The van der Waals surface area contributed by atoms with Crippen LogP contribution in [0.25, 0.3) is 0 Å². The minimum atomic E-state index is -0.414. The molecule has 0 heterocycles. The van der Waals surface area contributed by atoms with Crippen molar-refractivity contribution in [3.63, 3.8) is 0 Å². The Balaban J connectivity index is 2.74. The molecule has 1 aromatic rings. The molecule has 0 N–H and O–H groups in total. The number of esters is 1. The molecule has 0 spiro atoms. The Morgan fingerprint density at radius 1 is 1.14 bits per heavy atom. The van der Waals surface area contributed by atoms with Gasteiger partial charge in [-0.15, -0.1) is 0 Å². The Kier molecular flexibility index (Phi) is 7.30. The van der Waals surface area contributed by atoms with Crippen LogP contribution in [0.1, 0.15) is 33.3 Å². The van der Waals surface area contributed by atoms with Crippen LogP contribution in [0.4, 0.5) is 0 Å². The maximum Gasteiger partial charge on any atom is 0.373 e. The van der Waals surface area contributed by atoms with E-state index in [-0.39, 0.29) is 11.9 Å². The zero-order chi connectivity index (χ0) is 15.7. The fourth-order valence-electron chi connectivity index (χ4n) is 1.60. The summed E-state index contributed by atoms with van der Waals surface area (Å²) in [4.78, 5) is 12.0. The minimum absolute atomic E-state index is 0.162. The number of allylic oxidation sites excluding steroid dienone is 2. The number of carbonyl (C=O) groups is 1. The normalized spacial score (nSPS) is 11.2. The van der Waals surface area contributed by atoms with E-state index in [9.17, 15) is 4.79 Å². The maximum absolute atomic E-state index is 12.0. The molecular weight excluding hydrogens is 264 g/mol. The molecule has 0 atom stereocenters. The first-order valence-corrected chi connectivity index (χ1v) is 7.20. The summed E-state index contributed by atoms with van der Waals surface area (Å²) in [7, 11) is 0. The van der Waals surface area contributed by atoms with Crippen molar-refractivity contribution in [1.82, 2.24) is 0 Å². The molecule has 0 bridgehead atoms. The first kappa shape index (κ1) is 17.0. The number of hydrogen-bond acceptors (Lipinski definition) is 3. The molecule has 0 aromatic heterocycles. The van der Waals surface area contributed by atoms with Gasteiger partial charge in [0, 0.05) is 0 Å². The summed E-state index contributed by atoms with van der Waals surface area (Å²) in [6, 6.07) is 9.93. The highest BCUT2D eigenvalue weighted by atomic mass is 16.6. The van der Waals surface area contributed by atoms with E-state index in [0.29, 0.717) is 13.0 Å². The van der Waals surface area contributed by atoms with Crippen molar-refractivity contribution < 1.29 is 14.3 Å². The van der Waals surface area contributed by atoms with Crippen molar-refractivity contribution in [2.24, 2.45) is 0 Å². The number of hydrogen-bond donors (Lipinski definition) is 0. The predicted octanol–water partition coefficient (Wildman–Crippen LogP) is 4.05. The SMILES string of the molecule is CC(C)=CCO/C(=C/Cc1ccccc1)C(=O)OC(C)C. The zero-order valence-electron chi connectivity index (χ0n) is 13.3. The van der Waals surface area contributed by atoms with Gasteiger partial charge in [0.25, 0.3) is 0 Å². The predicted molar refractivity (Wildman–Crippen MR) is 84.8 cm³/mol. The van der Waals surface area contributed by atoms with E-state index in [2.05, 4.69) is 0 Å². The monoisotopic (exact) mass is 288 g/mol. The number of ether oxygens (including phenoxy) is 2. The maximum atomic E-state index is 12.0. The van der Waals surface area contributed by atoms with E-state index in [0.717, 1.165) is 11.1 Å². The summed E-state index contributed by atoms with van der Waals surface area (Å²) in [5.74, 6) is -0.145. The fourth-order valence-corrected chi connectivity index (χ4v) is 1.60. The Labute approximate surface area is 127 Å². The van der Waals surface area contributed by atoms with Crippen LogP contribution >= 0.6 is 0 Å². The van der Waals surface area contributed by atoms with Crippen molar-refractivity contribution >= 4 is 5.97 Å². The second kappa shape index (κ2) is 9.01. The van der Waals surface area contributed by atoms with E-state index < -0.39 is 5.97 Å². The lowest BCUT2D eigenvalue weighted by Gasteiger charge is -2.11. The van der Waals surface area contributed by atoms with Gasteiger partial charge in [-0.05, 0) is 51.8 Å². The lowest BCUT2D eigenvalue weighted by Crippen LogP contribution is -2.16. The van der Waals surface area contributed by atoms with Crippen molar-refractivity contribution in [2.45, 2.75) is 40.2 Å². The van der Waals surface area contributed by atoms with E-state index in [1.54, 1.807) is 6.08 Å². The van der Waals surface area contributed by atoms with E-state index >= 15 is 0 Å². The van der Waals surface area contributed by atoms with Crippen molar-refractivity contribution in [1.29, 1.82) is 0 Å². The average molecular weight is 288 g/mol. The molecule has 0 fully saturated rings. The highest BCUT2D eigenvalue weighted by molar-refractivity contribution is 5.86. The molecule has 0 amide bonds. The zero-order valence-corrected chi connectivity index (χ0v) is 13.3. The van der Waals surface area contributed by atoms with Crippen LogP contribution in [0.5, 0.6) is 0 Å². The quantitative estimate of drug-likeness (QED) is 0.329. The summed E-state index contributed by atoms with van der Waals surface area (Å²) in [5, 5.41) is 0. The number of rotatable bonds is 7. The summed E-state index contributed by atoms with van der Waals surface area (Å²) in [5.41, 5.74) is 2.27. The third-order valence-electron chi connectivity index (χ3n) is 2.64. The van der Waals surface area contributed by atoms with E-state index in [4.69, 9.17) is 9.47 Å².